The van der Waals surface area contributed by atoms with E-state index in [4.69, 9.17) is 14.2 Å². The molecule has 0 amide bonds. The van der Waals surface area contributed by atoms with Crippen molar-refractivity contribution in [3.63, 3.8) is 0 Å². The molecule has 0 aliphatic heterocycles. The number of rotatable bonds is 7. The molecule has 7 heteroatoms. The van der Waals surface area contributed by atoms with Gasteiger partial charge in [-0.1, -0.05) is 0 Å². The van der Waals surface area contributed by atoms with Crippen LogP contribution < -0.4 is 27.0 Å². The maximum Gasteiger partial charge on any atom is 0.166 e. The summed E-state index contributed by atoms with van der Waals surface area (Å²) >= 11 is 0. The van der Waals surface area contributed by atoms with E-state index >= 15 is 0 Å². The van der Waals surface area contributed by atoms with Gasteiger partial charge in [0.05, 0.1) is 29.0 Å². The summed E-state index contributed by atoms with van der Waals surface area (Å²) in [7, 11) is 1.77. The Morgan fingerprint density at radius 3 is 1.72 bits per heavy atom. The van der Waals surface area contributed by atoms with E-state index in [1.807, 2.05) is 12.1 Å². The Balaban J connectivity index is 0.00000784. The molecule has 1 aromatic carbocycles. The zero-order valence-electron chi connectivity index (χ0n) is 20.0. The van der Waals surface area contributed by atoms with Crippen LogP contribution in [0.2, 0.25) is 0 Å². The molecule has 0 atom stereocenters. The summed E-state index contributed by atoms with van der Waals surface area (Å²) in [5.74, 6) is 0.899. The lowest BCUT2D eigenvalue weighted by molar-refractivity contribution is -0.0451. The Bertz CT molecular complexity index is 608. The summed E-state index contributed by atoms with van der Waals surface area (Å²) in [4.78, 5) is 0. The summed E-state index contributed by atoms with van der Waals surface area (Å²) < 4.78 is 16.9. The van der Waals surface area contributed by atoms with Crippen molar-refractivity contribution in [2.45, 2.75) is 83.7 Å². The first-order chi connectivity index (χ1) is 12.6. The fourth-order valence-electron chi connectivity index (χ4n) is 5.44. The highest BCUT2D eigenvalue weighted by atomic mass is 79.9. The van der Waals surface area contributed by atoms with Gasteiger partial charge in [0, 0.05) is 20.3 Å². The molecule has 4 nitrogen and oxygen atoms in total. The number of ether oxygens (including phenoxy) is 3. The third kappa shape index (κ3) is 5.97. The van der Waals surface area contributed by atoms with Crippen LogP contribution in [0.15, 0.2) is 18.2 Å². The van der Waals surface area contributed by atoms with Gasteiger partial charge in [-0.25, -0.2) is 0 Å². The molecule has 0 fully saturated rings. The largest absolute Gasteiger partial charge is 1.00 e. The molecule has 29 heavy (non-hydrogen) atoms. The normalized spacial score (nSPS) is 13.4. The van der Waals surface area contributed by atoms with E-state index in [0.717, 1.165) is 11.1 Å². The average molecular weight is 508 g/mol. The molecular weight excluding hydrogens is 467 g/mol. The van der Waals surface area contributed by atoms with Crippen LogP contribution in [0, 0.1) is 0 Å². The van der Waals surface area contributed by atoms with E-state index in [0.29, 0.717) is 21.5 Å². The van der Waals surface area contributed by atoms with Crippen LogP contribution in [0.3, 0.4) is 0 Å². The van der Waals surface area contributed by atoms with E-state index in [9.17, 15) is 5.11 Å². The van der Waals surface area contributed by atoms with Crippen molar-refractivity contribution in [3.8, 4) is 11.5 Å². The SMILES string of the molecule is COC(OC)[Si]COc1ccc(O)cc1[P+](C(C)(C)C)(C(C)(C)C)C(C)(C)C.[Br-]. The maximum atomic E-state index is 10.4. The molecule has 1 N–H and O–H groups in total. The molecule has 0 saturated carbocycles. The predicted molar refractivity (Wildman–Crippen MR) is 123 cm³/mol. The van der Waals surface area contributed by atoms with Crippen molar-refractivity contribution >= 4 is 22.1 Å². The van der Waals surface area contributed by atoms with E-state index in [-0.39, 0.29) is 38.4 Å². The van der Waals surface area contributed by atoms with Crippen LogP contribution in [-0.2, 0) is 9.47 Å². The quantitative estimate of drug-likeness (QED) is 0.349. The lowest BCUT2D eigenvalue weighted by Gasteiger charge is -2.54. The number of benzene rings is 1. The average Bonchev–Trinajstić information content (AvgIpc) is 2.49. The number of hydrogen-bond acceptors (Lipinski definition) is 4. The first kappa shape index (κ1) is 28.9. The summed E-state index contributed by atoms with van der Waals surface area (Å²) in [5, 5.41) is 11.7. The second-order valence-electron chi connectivity index (χ2n) is 10.1. The van der Waals surface area contributed by atoms with Crippen LogP contribution in [0.25, 0.3) is 0 Å². The molecular formula is C22H40BrO4PSi. The highest BCUT2D eigenvalue weighted by Crippen LogP contribution is 2.83. The van der Waals surface area contributed by atoms with Gasteiger partial charge in [-0.3, -0.25) is 0 Å². The van der Waals surface area contributed by atoms with Gasteiger partial charge in [-0.15, -0.1) is 0 Å². The predicted octanol–water partition coefficient (Wildman–Crippen LogP) is 2.05. The maximum absolute atomic E-state index is 10.4. The van der Waals surface area contributed by atoms with Crippen LogP contribution >= 0.6 is 7.26 Å². The van der Waals surface area contributed by atoms with Gasteiger partial charge in [0.1, 0.15) is 17.0 Å². The third-order valence-electron chi connectivity index (χ3n) is 5.23. The molecule has 168 valence electrons. The summed E-state index contributed by atoms with van der Waals surface area (Å²) in [6, 6.07) is 5.58. The molecule has 0 unspecified atom stereocenters. The van der Waals surface area contributed by atoms with Crippen molar-refractivity contribution in [2.24, 2.45) is 0 Å². The second-order valence-corrected chi connectivity index (χ2v) is 17.1. The minimum atomic E-state index is -1.89. The molecule has 0 aliphatic carbocycles. The number of phenolic OH excluding ortho intramolecular Hbond substituents is 1. The Morgan fingerprint density at radius 1 is 0.897 bits per heavy atom. The van der Waals surface area contributed by atoms with Crippen LogP contribution in [0.5, 0.6) is 11.5 Å². The minimum Gasteiger partial charge on any atom is -1.00 e. The topological polar surface area (TPSA) is 47.9 Å². The van der Waals surface area contributed by atoms with E-state index < -0.39 is 7.26 Å². The fourth-order valence-corrected chi connectivity index (χ4v) is 15.2. The molecule has 0 aromatic heterocycles. The lowest BCUT2D eigenvalue weighted by atomic mass is 10.2. The van der Waals surface area contributed by atoms with Crippen LogP contribution in [0.4, 0.5) is 0 Å². The van der Waals surface area contributed by atoms with Gasteiger partial charge >= 0.3 is 0 Å². The Morgan fingerprint density at radius 2 is 1.34 bits per heavy atom. The molecule has 0 aliphatic rings. The Hall–Kier alpha value is -0.133. The van der Waals surface area contributed by atoms with Crippen molar-refractivity contribution in [1.82, 2.24) is 0 Å². The smallest absolute Gasteiger partial charge is 0.166 e. The van der Waals surface area contributed by atoms with E-state index in [1.54, 1.807) is 20.3 Å². The molecule has 1 aromatic rings. The van der Waals surface area contributed by atoms with Gasteiger partial charge in [-0.05, 0) is 74.4 Å². The number of aromatic hydroxyl groups is 1. The molecule has 1 rings (SSSR count). The number of phenols is 1. The monoisotopic (exact) mass is 506 g/mol. The first-order valence-electron chi connectivity index (χ1n) is 9.78. The number of halogens is 1. The highest BCUT2D eigenvalue weighted by molar-refractivity contribution is 7.87. The molecule has 0 spiro atoms. The first-order valence-corrected chi connectivity index (χ1v) is 12.9. The lowest BCUT2D eigenvalue weighted by Crippen LogP contribution is -3.00. The van der Waals surface area contributed by atoms with Gasteiger partial charge in [0.2, 0.25) is 0 Å². The Labute approximate surface area is 192 Å². The van der Waals surface area contributed by atoms with Crippen molar-refractivity contribution < 1.29 is 36.3 Å². The van der Waals surface area contributed by atoms with Crippen LogP contribution in [0.1, 0.15) is 62.3 Å². The molecule has 0 bridgehead atoms. The summed E-state index contributed by atoms with van der Waals surface area (Å²) in [6.07, 6.45) is 0.516. The highest BCUT2D eigenvalue weighted by Gasteiger charge is 2.67. The van der Waals surface area contributed by atoms with E-state index in [2.05, 4.69) is 62.3 Å². The number of methoxy groups -OCH3 is 2. The standard InChI is InChI=1S/C22H39O4PSi.BrH/c1-20(2,3)27(21(4,5)6,22(7,8)9)18-14-16(23)12-13-17(18)26-15-28-19(24-10)25-11;/h12-14,19H,15H2,1-11H3;1H. The van der Waals surface area contributed by atoms with Gasteiger partial charge in [0.25, 0.3) is 0 Å². The number of hydrogen-bond donors (Lipinski definition) is 1. The van der Waals surface area contributed by atoms with Crippen LogP contribution in [-0.4, -0.2) is 56.5 Å². The summed E-state index contributed by atoms with van der Waals surface area (Å²) in [5.41, 5.74) is 0. The van der Waals surface area contributed by atoms with Crippen molar-refractivity contribution in [3.05, 3.63) is 18.2 Å². The van der Waals surface area contributed by atoms with Gasteiger partial charge in [-0.2, -0.15) is 0 Å². The fraction of sp³-hybridized carbons (Fsp3) is 0.727. The Kier molecular flexibility index (Phi) is 10.4. The minimum absolute atomic E-state index is 0. The van der Waals surface area contributed by atoms with E-state index in [1.165, 1.54) is 0 Å². The summed E-state index contributed by atoms with van der Waals surface area (Å²) in [6.45, 7) is 21.0. The third-order valence-corrected chi connectivity index (χ3v) is 13.5. The van der Waals surface area contributed by atoms with Gasteiger partial charge in [0.15, 0.2) is 15.3 Å². The second kappa shape index (κ2) is 10.5. The zero-order chi connectivity index (χ0) is 22.0. The van der Waals surface area contributed by atoms with Gasteiger partial charge < -0.3 is 36.3 Å². The zero-order valence-corrected chi connectivity index (χ0v) is 23.5. The molecule has 2 radical (unpaired) electrons. The van der Waals surface area contributed by atoms with Crippen molar-refractivity contribution in [1.29, 1.82) is 0 Å². The van der Waals surface area contributed by atoms with Crippen molar-refractivity contribution in [2.75, 3.05) is 20.4 Å². The molecule has 0 heterocycles. The molecule has 0 saturated heterocycles.